The van der Waals surface area contributed by atoms with E-state index < -0.39 is 97.5 Å². The van der Waals surface area contributed by atoms with E-state index in [1.165, 1.54) is 186 Å². The SMILES string of the molecule is CCCCCCCCCCC(=O)OC[C@H](COP(=O)(O)OC[C@H](O)COP(=O)(O)OC[C@@H](COC(=O)CCCCCCCCCCCCCCCCC(C)CC)OC(=O)CCCCCCCCCCCCCCCCC(C)CC)OC(=O)CCCCCCCCC(C)CC. The molecule has 19 heteroatoms. The Hall–Kier alpha value is -1.94. The first kappa shape index (κ1) is 92.1. The number of esters is 4. The summed E-state index contributed by atoms with van der Waals surface area (Å²) in [6.45, 7) is 11.9. The fourth-order valence-electron chi connectivity index (χ4n) is 11.3. The van der Waals surface area contributed by atoms with Gasteiger partial charge in [-0.2, -0.15) is 0 Å². The Morgan fingerprint density at radius 3 is 0.755 bits per heavy atom. The maximum atomic E-state index is 13.1. The van der Waals surface area contributed by atoms with Crippen molar-refractivity contribution in [2.75, 3.05) is 39.6 Å². The van der Waals surface area contributed by atoms with E-state index in [0.717, 1.165) is 114 Å². The number of carbonyl (C=O) groups excluding carboxylic acids is 4. The maximum absolute atomic E-state index is 13.1. The molecular weight excluding hydrogens is 1230 g/mol. The van der Waals surface area contributed by atoms with Crippen LogP contribution in [-0.4, -0.2) is 96.7 Å². The van der Waals surface area contributed by atoms with Crippen LogP contribution in [0.1, 0.15) is 382 Å². The van der Waals surface area contributed by atoms with Crippen molar-refractivity contribution in [2.24, 2.45) is 17.8 Å². The van der Waals surface area contributed by atoms with Gasteiger partial charge >= 0.3 is 39.5 Å². The highest BCUT2D eigenvalue weighted by atomic mass is 31.2. The molecule has 0 aliphatic rings. The molecular formula is C75H146O17P2. The molecule has 3 N–H and O–H groups in total. The first-order valence-corrected chi connectivity index (χ1v) is 42.0. The van der Waals surface area contributed by atoms with Crippen LogP contribution in [0.4, 0.5) is 0 Å². The molecule has 0 rings (SSSR count). The molecule has 0 fully saturated rings. The highest BCUT2D eigenvalue weighted by Gasteiger charge is 2.30. The topological polar surface area (TPSA) is 237 Å². The third kappa shape index (κ3) is 64.7. The largest absolute Gasteiger partial charge is 0.472 e. The highest BCUT2D eigenvalue weighted by molar-refractivity contribution is 7.47. The second kappa shape index (κ2) is 65.7. The summed E-state index contributed by atoms with van der Waals surface area (Å²) in [6, 6.07) is 0. The third-order valence-corrected chi connectivity index (χ3v) is 20.4. The van der Waals surface area contributed by atoms with Crippen molar-refractivity contribution in [1.82, 2.24) is 0 Å². The number of phosphoric ester groups is 2. The number of hydrogen-bond donors (Lipinski definition) is 3. The molecule has 0 aromatic carbocycles. The van der Waals surface area contributed by atoms with E-state index in [0.29, 0.717) is 25.7 Å². The monoisotopic (exact) mass is 1380 g/mol. The minimum atomic E-state index is -4.96. The van der Waals surface area contributed by atoms with E-state index in [-0.39, 0.29) is 25.7 Å². The molecule has 0 aliphatic heterocycles. The van der Waals surface area contributed by atoms with Crippen LogP contribution in [0.25, 0.3) is 0 Å². The molecule has 0 aromatic heterocycles. The lowest BCUT2D eigenvalue weighted by Crippen LogP contribution is -2.30. The van der Waals surface area contributed by atoms with E-state index in [1.54, 1.807) is 0 Å². The van der Waals surface area contributed by atoms with Gasteiger partial charge in [-0.25, -0.2) is 9.13 Å². The average molecular weight is 1380 g/mol. The fourth-order valence-corrected chi connectivity index (χ4v) is 12.9. The molecule has 0 aromatic rings. The van der Waals surface area contributed by atoms with E-state index in [4.69, 9.17) is 37.0 Å². The number of unbranched alkanes of at least 4 members (excludes halogenated alkanes) is 38. The molecule has 0 heterocycles. The Labute approximate surface area is 575 Å². The number of ether oxygens (including phenoxy) is 4. The molecule has 8 atom stereocenters. The van der Waals surface area contributed by atoms with Crippen molar-refractivity contribution in [3.8, 4) is 0 Å². The summed E-state index contributed by atoms with van der Waals surface area (Å²) in [4.78, 5) is 72.6. The maximum Gasteiger partial charge on any atom is 0.472 e. The summed E-state index contributed by atoms with van der Waals surface area (Å²) in [5, 5.41) is 10.6. The number of phosphoric acid groups is 2. The predicted octanol–water partition coefficient (Wildman–Crippen LogP) is 21.8. The van der Waals surface area contributed by atoms with Crippen molar-refractivity contribution >= 4 is 39.5 Å². The standard InChI is InChI=1S/C75H146O17P2/c1-8-12-13-14-15-34-42-49-56-72(77)85-63-71(92-75(80)59-52-45-38-37-41-48-55-68(7)11-4)65-90-94(83,84)88-61-69(76)60-87-93(81,82)89-64-70(91-74(79)58-51-44-36-31-27-23-19-17-21-25-29-33-40-47-54-67(6)10-3)62-86-73(78)57-50-43-35-30-26-22-18-16-20-24-28-32-39-46-53-66(5)9-2/h66-71,76H,8-65H2,1-7H3,(H,81,82)(H,83,84)/t66?,67?,68?,69-,70-,71-/m1/s1. The van der Waals surface area contributed by atoms with Gasteiger partial charge in [0, 0.05) is 25.7 Å². The smallest absolute Gasteiger partial charge is 0.462 e. The Kier molecular flexibility index (Phi) is 64.3. The molecule has 0 spiro atoms. The lowest BCUT2D eigenvalue weighted by Gasteiger charge is -2.21. The van der Waals surface area contributed by atoms with Crippen molar-refractivity contribution in [1.29, 1.82) is 0 Å². The molecule has 0 amide bonds. The number of carbonyl (C=O) groups is 4. The fraction of sp³-hybridized carbons (Fsp3) is 0.947. The van der Waals surface area contributed by atoms with Crippen LogP contribution in [0.5, 0.6) is 0 Å². The molecule has 0 aliphatic carbocycles. The normalized spacial score (nSPS) is 15.0. The quantitative estimate of drug-likeness (QED) is 0.0222. The summed E-state index contributed by atoms with van der Waals surface area (Å²) >= 11 is 0. The minimum absolute atomic E-state index is 0.103. The van der Waals surface area contributed by atoms with Gasteiger partial charge in [0.25, 0.3) is 0 Å². The molecule has 0 saturated carbocycles. The average Bonchev–Trinajstić information content (AvgIpc) is 1.13. The number of hydrogen-bond acceptors (Lipinski definition) is 15. The van der Waals surface area contributed by atoms with Gasteiger partial charge in [-0.15, -0.1) is 0 Å². The summed E-state index contributed by atoms with van der Waals surface area (Å²) in [5.41, 5.74) is 0. The van der Waals surface area contributed by atoms with Gasteiger partial charge < -0.3 is 33.8 Å². The van der Waals surface area contributed by atoms with Crippen LogP contribution in [0.3, 0.4) is 0 Å². The zero-order valence-electron chi connectivity index (χ0n) is 61.4. The molecule has 0 saturated heterocycles. The van der Waals surface area contributed by atoms with Crippen molar-refractivity contribution in [3.05, 3.63) is 0 Å². The molecule has 94 heavy (non-hydrogen) atoms. The summed E-state index contributed by atoms with van der Waals surface area (Å²) in [5.74, 6) is 0.292. The number of aliphatic hydroxyl groups is 1. The van der Waals surface area contributed by atoms with Crippen LogP contribution in [-0.2, 0) is 65.4 Å². The van der Waals surface area contributed by atoms with Gasteiger partial charge in [-0.3, -0.25) is 37.3 Å². The summed E-state index contributed by atoms with van der Waals surface area (Å²) in [7, 11) is -9.91. The second-order valence-electron chi connectivity index (χ2n) is 27.8. The molecule has 5 unspecified atom stereocenters. The highest BCUT2D eigenvalue weighted by Crippen LogP contribution is 2.45. The van der Waals surface area contributed by atoms with Gasteiger partial charge in [0.05, 0.1) is 26.4 Å². The van der Waals surface area contributed by atoms with Crippen LogP contribution < -0.4 is 0 Å². The van der Waals surface area contributed by atoms with E-state index >= 15 is 0 Å². The zero-order chi connectivity index (χ0) is 69.4. The van der Waals surface area contributed by atoms with Gasteiger partial charge in [0.1, 0.15) is 19.3 Å². The minimum Gasteiger partial charge on any atom is -0.462 e. The van der Waals surface area contributed by atoms with Crippen LogP contribution in [0.15, 0.2) is 0 Å². The molecule has 0 bridgehead atoms. The van der Waals surface area contributed by atoms with E-state index in [1.807, 2.05) is 0 Å². The van der Waals surface area contributed by atoms with E-state index in [9.17, 15) is 43.2 Å². The Morgan fingerprint density at radius 1 is 0.298 bits per heavy atom. The third-order valence-electron chi connectivity index (χ3n) is 18.5. The molecule has 0 radical (unpaired) electrons. The van der Waals surface area contributed by atoms with Crippen molar-refractivity contribution < 1.29 is 80.2 Å². The van der Waals surface area contributed by atoms with Crippen LogP contribution in [0, 0.1) is 17.8 Å². The van der Waals surface area contributed by atoms with E-state index in [2.05, 4.69) is 48.5 Å². The van der Waals surface area contributed by atoms with Gasteiger partial charge in [0.15, 0.2) is 12.2 Å². The lowest BCUT2D eigenvalue weighted by atomic mass is 9.99. The van der Waals surface area contributed by atoms with Crippen LogP contribution in [0.2, 0.25) is 0 Å². The van der Waals surface area contributed by atoms with Gasteiger partial charge in [-0.05, 0) is 43.4 Å². The van der Waals surface area contributed by atoms with Gasteiger partial charge in [-0.1, -0.05) is 331 Å². The first-order chi connectivity index (χ1) is 45.3. The Morgan fingerprint density at radius 2 is 0.511 bits per heavy atom. The number of aliphatic hydroxyl groups excluding tert-OH is 1. The predicted molar refractivity (Wildman–Crippen MR) is 381 cm³/mol. The van der Waals surface area contributed by atoms with Gasteiger partial charge in [0.2, 0.25) is 0 Å². The Balaban J connectivity index is 5.21. The summed E-state index contributed by atoms with van der Waals surface area (Å²) < 4.78 is 68.4. The summed E-state index contributed by atoms with van der Waals surface area (Å²) in [6.07, 6.45) is 51.4. The second-order valence-corrected chi connectivity index (χ2v) is 30.7. The Bertz CT molecular complexity index is 1840. The van der Waals surface area contributed by atoms with Crippen LogP contribution >= 0.6 is 15.6 Å². The zero-order valence-corrected chi connectivity index (χ0v) is 63.2. The number of rotatable bonds is 73. The molecule has 17 nitrogen and oxygen atoms in total. The lowest BCUT2D eigenvalue weighted by molar-refractivity contribution is -0.161. The first-order valence-electron chi connectivity index (χ1n) is 39.0. The van der Waals surface area contributed by atoms with Crippen molar-refractivity contribution in [3.63, 3.8) is 0 Å². The van der Waals surface area contributed by atoms with Crippen molar-refractivity contribution in [2.45, 2.75) is 401 Å². The molecule has 558 valence electrons.